The fourth-order valence-electron chi connectivity index (χ4n) is 5.34. The maximum Gasteiger partial charge on any atom is 0.513 e. The average Bonchev–Trinajstić information content (AvgIpc) is 3.24. The molecule has 2 aromatic heterocycles. The van der Waals surface area contributed by atoms with Crippen LogP contribution in [-0.2, 0) is 22.3 Å². The van der Waals surface area contributed by atoms with Crippen LogP contribution in [0, 0.1) is 11.6 Å². The van der Waals surface area contributed by atoms with Crippen LogP contribution in [0.25, 0.3) is 22.5 Å². The normalized spacial score (nSPS) is 10.1. The molecule has 0 amide bonds. The fourth-order valence-corrected chi connectivity index (χ4v) is 5.34. The van der Waals surface area contributed by atoms with Crippen molar-refractivity contribution in [2.45, 2.75) is 12.8 Å². The SMILES string of the molecule is COC(=O)Cl.COC(=O)Oc1cc(Cc2cc(-c3ccc(F)cc3OC)ncn2)ccc1OC.COc1ccc(Cc2cc(-c3ccc(F)cc3OC)ncn2)cc1O. The molecule has 1 N–H and O–H groups in total. The van der Waals surface area contributed by atoms with Gasteiger partial charge in [-0.15, -0.1) is 0 Å². The number of nitrogens with zero attached hydrogens (tertiary/aromatic N) is 4. The zero-order valence-electron chi connectivity index (χ0n) is 32.7. The number of methoxy groups -OCH3 is 6. The molecular weight excluding hydrogens is 794 g/mol. The van der Waals surface area contributed by atoms with E-state index in [4.69, 9.17) is 23.7 Å². The highest BCUT2D eigenvalue weighted by Crippen LogP contribution is 2.33. The maximum atomic E-state index is 13.5. The number of aromatic hydroxyl groups is 1. The Morgan fingerprint density at radius 2 is 1.02 bits per heavy atom. The van der Waals surface area contributed by atoms with Crippen LogP contribution in [0.1, 0.15) is 22.5 Å². The van der Waals surface area contributed by atoms with Crippen LogP contribution < -0.4 is 23.7 Å². The molecule has 6 aromatic rings. The van der Waals surface area contributed by atoms with E-state index in [0.717, 1.165) is 22.5 Å². The number of halogens is 3. The monoisotopic (exact) mass is 832 g/mol. The molecule has 0 aliphatic rings. The van der Waals surface area contributed by atoms with Gasteiger partial charge in [0.1, 0.15) is 35.8 Å². The van der Waals surface area contributed by atoms with Gasteiger partial charge in [-0.1, -0.05) is 12.1 Å². The summed E-state index contributed by atoms with van der Waals surface area (Å²) in [6.45, 7) is 0. The summed E-state index contributed by atoms with van der Waals surface area (Å²) in [6, 6.07) is 22.6. The summed E-state index contributed by atoms with van der Waals surface area (Å²) in [5, 5.41) is 9.89. The van der Waals surface area contributed by atoms with Crippen molar-refractivity contribution < 1.29 is 56.6 Å². The molecule has 0 saturated carbocycles. The predicted octanol–water partition coefficient (Wildman–Crippen LogP) is 8.62. The van der Waals surface area contributed by atoms with Gasteiger partial charge in [0, 0.05) is 59.1 Å². The molecule has 2 heterocycles. The summed E-state index contributed by atoms with van der Waals surface area (Å²) in [5.41, 5.74) is 5.01. The topological polar surface area (TPSA) is 171 Å². The van der Waals surface area contributed by atoms with Crippen LogP contribution in [0.3, 0.4) is 0 Å². The molecule has 308 valence electrons. The third-order valence-corrected chi connectivity index (χ3v) is 8.24. The van der Waals surface area contributed by atoms with E-state index in [1.807, 2.05) is 18.2 Å². The standard InChI is InChI=1S/C21H19FN2O5.C19H17FN2O3.C2H3ClO2/c1-26-18-7-4-13(9-20(18)29-21(25)28-3)8-15-11-17(24-12-23-15)16-6-5-14(22)10-19(16)27-2;1-24-18-6-3-12(8-17(18)23)7-14-10-16(22-11-21-14)15-5-4-13(20)9-19(15)25-2;1-5-2(3)4/h4-7,9-12H,8H2,1-3H3;3-6,8-11,23H,7H2,1-2H3;1H3. The average molecular weight is 833 g/mol. The Hall–Kier alpha value is -7.07. The largest absolute Gasteiger partial charge is 0.513 e. The lowest BCUT2D eigenvalue weighted by atomic mass is 10.1. The third-order valence-electron chi connectivity index (χ3n) is 8.09. The smallest absolute Gasteiger partial charge is 0.504 e. The van der Waals surface area contributed by atoms with Crippen LogP contribution in [0.15, 0.2) is 97.6 Å². The van der Waals surface area contributed by atoms with E-state index >= 15 is 0 Å². The minimum absolute atomic E-state index is 0.0782. The summed E-state index contributed by atoms with van der Waals surface area (Å²) >= 11 is 4.60. The van der Waals surface area contributed by atoms with Crippen molar-refractivity contribution in [3.63, 3.8) is 0 Å². The number of ether oxygens (including phenoxy) is 7. The van der Waals surface area contributed by atoms with Gasteiger partial charge < -0.3 is 38.3 Å². The molecule has 59 heavy (non-hydrogen) atoms. The van der Waals surface area contributed by atoms with Crippen molar-refractivity contribution in [1.82, 2.24) is 19.9 Å². The Morgan fingerprint density at radius 3 is 1.44 bits per heavy atom. The number of aromatic nitrogens is 4. The lowest BCUT2D eigenvalue weighted by Crippen LogP contribution is -2.08. The minimum Gasteiger partial charge on any atom is -0.504 e. The summed E-state index contributed by atoms with van der Waals surface area (Å²) in [6.07, 6.45) is 3.00. The zero-order chi connectivity index (χ0) is 42.9. The minimum atomic E-state index is -0.840. The van der Waals surface area contributed by atoms with E-state index in [9.17, 15) is 23.5 Å². The number of hydrogen-bond acceptors (Lipinski definition) is 14. The van der Waals surface area contributed by atoms with Gasteiger partial charge in [0.25, 0.3) is 0 Å². The van der Waals surface area contributed by atoms with Crippen molar-refractivity contribution in [2.75, 3.05) is 42.7 Å². The van der Waals surface area contributed by atoms with Gasteiger partial charge >= 0.3 is 11.6 Å². The van der Waals surface area contributed by atoms with Crippen molar-refractivity contribution >= 4 is 23.2 Å². The van der Waals surface area contributed by atoms with Crippen molar-refractivity contribution in [3.05, 3.63) is 132 Å². The van der Waals surface area contributed by atoms with Crippen LogP contribution in [0.4, 0.5) is 18.4 Å². The van der Waals surface area contributed by atoms with E-state index in [-0.39, 0.29) is 17.3 Å². The molecule has 0 spiro atoms. The lowest BCUT2D eigenvalue weighted by molar-refractivity contribution is 0.120. The summed E-state index contributed by atoms with van der Waals surface area (Å²) in [7, 11) is 8.38. The summed E-state index contributed by atoms with van der Waals surface area (Å²) in [4.78, 5) is 37.9. The quantitative estimate of drug-likeness (QED) is 0.0747. The lowest BCUT2D eigenvalue weighted by Gasteiger charge is -2.11. The summed E-state index contributed by atoms with van der Waals surface area (Å²) < 4.78 is 61.1. The number of hydrogen-bond donors (Lipinski definition) is 1. The molecule has 0 aliphatic carbocycles. The van der Waals surface area contributed by atoms with Crippen LogP contribution >= 0.6 is 11.6 Å². The molecule has 6 rings (SSSR count). The fraction of sp³-hybridized carbons (Fsp3) is 0.190. The molecule has 4 aromatic carbocycles. The highest BCUT2D eigenvalue weighted by atomic mass is 35.5. The van der Waals surface area contributed by atoms with E-state index < -0.39 is 17.4 Å². The molecule has 0 radical (unpaired) electrons. The molecule has 0 atom stereocenters. The maximum absolute atomic E-state index is 13.5. The number of carbonyl (C=O) groups is 2. The van der Waals surface area contributed by atoms with Crippen LogP contribution in [0.5, 0.6) is 34.5 Å². The summed E-state index contributed by atoms with van der Waals surface area (Å²) in [5.74, 6) is 1.17. The number of benzene rings is 4. The van der Waals surface area contributed by atoms with Gasteiger partial charge in [0.2, 0.25) is 0 Å². The van der Waals surface area contributed by atoms with Gasteiger partial charge in [-0.2, -0.15) is 0 Å². The van der Waals surface area contributed by atoms with Crippen LogP contribution in [0.2, 0.25) is 0 Å². The van der Waals surface area contributed by atoms with Crippen LogP contribution in [-0.4, -0.2) is 79.3 Å². The number of phenols is 1. The van der Waals surface area contributed by atoms with Crippen molar-refractivity contribution in [2.24, 2.45) is 0 Å². The molecule has 0 saturated heterocycles. The predicted molar refractivity (Wildman–Crippen MR) is 213 cm³/mol. The number of rotatable bonds is 11. The van der Waals surface area contributed by atoms with Crippen molar-refractivity contribution in [1.29, 1.82) is 0 Å². The molecule has 0 bridgehead atoms. The Morgan fingerprint density at radius 1 is 0.559 bits per heavy atom. The Bertz CT molecular complexity index is 2370. The van der Waals surface area contributed by atoms with Gasteiger partial charge in [-0.05, 0) is 71.8 Å². The van der Waals surface area contributed by atoms with E-state index in [1.165, 1.54) is 79.6 Å². The van der Waals surface area contributed by atoms with E-state index in [0.29, 0.717) is 58.4 Å². The zero-order valence-corrected chi connectivity index (χ0v) is 33.5. The third kappa shape index (κ3) is 13.0. The first kappa shape index (κ1) is 44.6. The number of carbonyl (C=O) groups excluding carboxylic acids is 2. The molecule has 0 aliphatic heterocycles. The Labute approximate surface area is 343 Å². The van der Waals surface area contributed by atoms with Gasteiger partial charge in [0.05, 0.1) is 54.0 Å². The second-order valence-corrected chi connectivity index (χ2v) is 12.1. The number of phenolic OH excluding ortho intramolecular Hbond substituents is 1. The first-order valence-corrected chi connectivity index (χ1v) is 17.6. The van der Waals surface area contributed by atoms with Gasteiger partial charge in [-0.3, -0.25) is 0 Å². The highest BCUT2D eigenvalue weighted by Gasteiger charge is 2.14. The molecule has 17 heteroatoms. The molecular formula is C42H39ClF2N4O10. The van der Waals surface area contributed by atoms with E-state index in [2.05, 4.69) is 41.0 Å². The highest BCUT2D eigenvalue weighted by molar-refractivity contribution is 6.61. The first-order valence-electron chi connectivity index (χ1n) is 17.2. The second-order valence-electron chi connectivity index (χ2n) is 11.8. The molecule has 0 fully saturated rings. The molecule has 14 nitrogen and oxygen atoms in total. The van der Waals surface area contributed by atoms with Gasteiger partial charge in [0.15, 0.2) is 23.0 Å². The van der Waals surface area contributed by atoms with E-state index in [1.54, 1.807) is 42.5 Å². The van der Waals surface area contributed by atoms with Gasteiger partial charge in [-0.25, -0.2) is 38.3 Å². The second kappa shape index (κ2) is 22.0. The molecule has 0 unspecified atom stereocenters. The Balaban J connectivity index is 0.000000236. The first-order chi connectivity index (χ1) is 28.4. The van der Waals surface area contributed by atoms with Crippen molar-refractivity contribution in [3.8, 4) is 57.0 Å². The Kier molecular flexibility index (Phi) is 16.7.